The van der Waals surface area contributed by atoms with Crippen LogP contribution in [0.15, 0.2) is 24.4 Å². The zero-order chi connectivity index (χ0) is 11.9. The molecule has 16 heavy (non-hydrogen) atoms. The molecule has 0 aromatic heterocycles. The summed E-state index contributed by atoms with van der Waals surface area (Å²) >= 11 is 0. The van der Waals surface area contributed by atoms with E-state index in [1.807, 2.05) is 25.1 Å². The molecule has 0 saturated carbocycles. The molecule has 0 aliphatic carbocycles. The van der Waals surface area contributed by atoms with Gasteiger partial charge in [-0.1, -0.05) is 23.8 Å². The van der Waals surface area contributed by atoms with Crippen LogP contribution >= 0.6 is 7.60 Å². The summed E-state index contributed by atoms with van der Waals surface area (Å²) in [6, 6.07) is 5.59. The Kier molecular flexibility index (Phi) is 2.66. The van der Waals surface area contributed by atoms with Crippen LogP contribution in [0.2, 0.25) is 0 Å². The lowest BCUT2D eigenvalue weighted by Crippen LogP contribution is -2.22. The topological polar surface area (TPSA) is 60.8 Å². The van der Waals surface area contributed by atoms with Crippen molar-refractivity contribution in [2.45, 2.75) is 12.7 Å². The smallest absolute Gasteiger partial charge is 0.352 e. The molecule has 1 unspecified atom stereocenters. The standard InChI is InChI=1S/C11H14NO3P/c1-8-3-4-10-9(7-8)5-6-12(2)11(10)16(13,14)15/h3-7,11H,1-2H3,(H2,13,14,15). The van der Waals surface area contributed by atoms with Gasteiger partial charge in [-0.05, 0) is 24.1 Å². The molecule has 0 amide bonds. The fourth-order valence-electron chi connectivity index (χ4n) is 1.99. The van der Waals surface area contributed by atoms with E-state index >= 15 is 0 Å². The van der Waals surface area contributed by atoms with Crippen LogP contribution in [-0.2, 0) is 4.57 Å². The monoisotopic (exact) mass is 239 g/mol. The summed E-state index contributed by atoms with van der Waals surface area (Å²) in [7, 11) is -2.50. The van der Waals surface area contributed by atoms with Crippen LogP contribution in [-0.4, -0.2) is 21.7 Å². The molecule has 1 atom stereocenters. The van der Waals surface area contributed by atoms with Crippen LogP contribution in [0.1, 0.15) is 22.5 Å². The Morgan fingerprint density at radius 2 is 2.06 bits per heavy atom. The van der Waals surface area contributed by atoms with Crippen LogP contribution in [0, 0.1) is 6.92 Å². The molecular formula is C11H14NO3P. The molecule has 1 aromatic carbocycles. The zero-order valence-corrected chi connectivity index (χ0v) is 10.1. The highest BCUT2D eigenvalue weighted by Crippen LogP contribution is 2.55. The van der Waals surface area contributed by atoms with Crippen LogP contribution in [0.25, 0.3) is 6.08 Å². The Bertz CT molecular complexity index is 492. The molecule has 0 fully saturated rings. The first kappa shape index (κ1) is 11.4. The minimum absolute atomic E-state index is 0.684. The van der Waals surface area contributed by atoms with E-state index in [-0.39, 0.29) is 0 Å². The fourth-order valence-corrected chi connectivity index (χ4v) is 3.14. The number of aryl methyl sites for hydroxylation is 1. The average molecular weight is 239 g/mol. The summed E-state index contributed by atoms with van der Waals surface area (Å²) in [6.45, 7) is 1.96. The molecule has 2 N–H and O–H groups in total. The lowest BCUT2D eigenvalue weighted by molar-refractivity contribution is 0.301. The summed E-state index contributed by atoms with van der Waals surface area (Å²) < 4.78 is 11.5. The summed E-state index contributed by atoms with van der Waals surface area (Å²) in [5, 5.41) is 0. The van der Waals surface area contributed by atoms with Crippen molar-refractivity contribution in [3.05, 3.63) is 41.1 Å². The van der Waals surface area contributed by atoms with Gasteiger partial charge in [0.25, 0.3) is 0 Å². The normalized spacial score (nSPS) is 19.8. The van der Waals surface area contributed by atoms with Gasteiger partial charge < -0.3 is 14.7 Å². The van der Waals surface area contributed by atoms with Crippen molar-refractivity contribution in [1.29, 1.82) is 0 Å². The van der Waals surface area contributed by atoms with Crippen molar-refractivity contribution >= 4 is 13.7 Å². The molecular weight excluding hydrogens is 225 g/mol. The fraction of sp³-hybridized carbons (Fsp3) is 0.273. The van der Waals surface area contributed by atoms with Crippen molar-refractivity contribution in [2.24, 2.45) is 0 Å². The number of rotatable bonds is 1. The first-order valence-electron chi connectivity index (χ1n) is 4.95. The third-order valence-corrected chi connectivity index (χ3v) is 3.99. The van der Waals surface area contributed by atoms with Crippen LogP contribution < -0.4 is 0 Å². The molecule has 4 nitrogen and oxygen atoms in total. The molecule has 0 radical (unpaired) electrons. The maximum absolute atomic E-state index is 11.5. The van der Waals surface area contributed by atoms with E-state index in [0.29, 0.717) is 5.56 Å². The molecule has 1 aliphatic rings. The van der Waals surface area contributed by atoms with Gasteiger partial charge in [0, 0.05) is 13.2 Å². The van der Waals surface area contributed by atoms with Gasteiger partial charge in [0.1, 0.15) is 0 Å². The van der Waals surface area contributed by atoms with Crippen molar-refractivity contribution in [2.75, 3.05) is 7.05 Å². The van der Waals surface area contributed by atoms with Crippen LogP contribution in [0.5, 0.6) is 0 Å². The summed E-state index contributed by atoms with van der Waals surface area (Å²) in [6.07, 6.45) is 3.57. The van der Waals surface area contributed by atoms with Crippen molar-refractivity contribution in [1.82, 2.24) is 4.90 Å². The molecule has 0 saturated heterocycles. The predicted octanol–water partition coefficient (Wildman–Crippen LogP) is 2.09. The average Bonchev–Trinajstić information content (AvgIpc) is 2.16. The number of hydrogen-bond acceptors (Lipinski definition) is 2. The Morgan fingerprint density at radius 1 is 1.38 bits per heavy atom. The number of benzene rings is 1. The Balaban J connectivity index is 2.58. The van der Waals surface area contributed by atoms with Crippen molar-refractivity contribution in [3.8, 4) is 0 Å². The van der Waals surface area contributed by atoms with Gasteiger partial charge in [-0.2, -0.15) is 0 Å². The SMILES string of the molecule is Cc1ccc2c(c1)C=CN(C)C2P(=O)(O)O. The summed E-state index contributed by atoms with van der Waals surface area (Å²) in [5.74, 6) is -0.868. The largest absolute Gasteiger partial charge is 0.363 e. The Hall–Kier alpha value is -1.09. The third-order valence-electron chi connectivity index (χ3n) is 2.71. The summed E-state index contributed by atoms with van der Waals surface area (Å²) in [5.41, 5.74) is 2.65. The maximum atomic E-state index is 11.5. The molecule has 1 heterocycles. The number of hydrogen-bond donors (Lipinski definition) is 2. The van der Waals surface area contributed by atoms with Crippen LogP contribution in [0.3, 0.4) is 0 Å². The van der Waals surface area contributed by atoms with Crippen molar-refractivity contribution < 1.29 is 14.4 Å². The van der Waals surface area contributed by atoms with Gasteiger partial charge in [-0.25, -0.2) is 0 Å². The Morgan fingerprint density at radius 3 is 2.69 bits per heavy atom. The van der Waals surface area contributed by atoms with E-state index in [9.17, 15) is 14.4 Å². The lowest BCUT2D eigenvalue weighted by atomic mass is 10.0. The highest BCUT2D eigenvalue weighted by Gasteiger charge is 2.35. The lowest BCUT2D eigenvalue weighted by Gasteiger charge is -2.32. The predicted molar refractivity (Wildman–Crippen MR) is 62.8 cm³/mol. The minimum Gasteiger partial charge on any atom is -0.363 e. The van der Waals surface area contributed by atoms with Gasteiger partial charge in [-0.3, -0.25) is 4.57 Å². The van der Waals surface area contributed by atoms with Gasteiger partial charge in [0.15, 0.2) is 5.78 Å². The molecule has 1 aromatic rings. The molecule has 0 spiro atoms. The van der Waals surface area contributed by atoms with Crippen molar-refractivity contribution in [3.63, 3.8) is 0 Å². The molecule has 1 aliphatic heterocycles. The zero-order valence-electron chi connectivity index (χ0n) is 9.16. The highest BCUT2D eigenvalue weighted by molar-refractivity contribution is 7.52. The van der Waals surface area contributed by atoms with E-state index < -0.39 is 13.4 Å². The van der Waals surface area contributed by atoms with E-state index in [2.05, 4.69) is 0 Å². The molecule has 86 valence electrons. The number of fused-ring (bicyclic) bond motifs is 1. The van der Waals surface area contributed by atoms with E-state index in [1.165, 1.54) is 0 Å². The van der Waals surface area contributed by atoms with Crippen LogP contribution in [0.4, 0.5) is 0 Å². The van der Waals surface area contributed by atoms with E-state index in [0.717, 1.165) is 11.1 Å². The third kappa shape index (κ3) is 1.92. The van der Waals surface area contributed by atoms with Gasteiger partial charge in [-0.15, -0.1) is 0 Å². The first-order chi connectivity index (χ1) is 7.39. The number of nitrogens with zero attached hydrogens (tertiary/aromatic N) is 1. The van der Waals surface area contributed by atoms with Gasteiger partial charge in [0.2, 0.25) is 0 Å². The molecule has 0 bridgehead atoms. The van der Waals surface area contributed by atoms with E-state index in [4.69, 9.17) is 0 Å². The molecule has 5 heteroatoms. The first-order valence-corrected chi connectivity index (χ1v) is 6.63. The summed E-state index contributed by atoms with van der Waals surface area (Å²) in [4.78, 5) is 20.3. The second kappa shape index (κ2) is 3.74. The maximum Gasteiger partial charge on any atom is 0.352 e. The Labute approximate surface area is 94.4 Å². The molecule has 2 rings (SSSR count). The highest BCUT2D eigenvalue weighted by atomic mass is 31.2. The quantitative estimate of drug-likeness (QED) is 0.736. The second-order valence-electron chi connectivity index (χ2n) is 4.08. The van der Waals surface area contributed by atoms with E-state index in [1.54, 1.807) is 24.2 Å². The van der Waals surface area contributed by atoms with Gasteiger partial charge in [0.05, 0.1) is 0 Å². The van der Waals surface area contributed by atoms with Gasteiger partial charge >= 0.3 is 7.60 Å². The second-order valence-corrected chi connectivity index (χ2v) is 5.74. The minimum atomic E-state index is -4.17.